The third kappa shape index (κ3) is 3.72. The van der Waals surface area contributed by atoms with E-state index in [9.17, 15) is 18.3 Å². The lowest BCUT2D eigenvalue weighted by atomic mass is 9.99. The Bertz CT molecular complexity index is 633. The van der Waals surface area contributed by atoms with E-state index in [0.29, 0.717) is 11.7 Å². The highest BCUT2D eigenvalue weighted by Crippen LogP contribution is 2.38. The molecule has 2 nitrogen and oxygen atoms in total. The van der Waals surface area contributed by atoms with Gasteiger partial charge in [0.25, 0.3) is 0 Å². The van der Waals surface area contributed by atoms with Crippen LogP contribution in [0.2, 0.25) is 0 Å². The van der Waals surface area contributed by atoms with Crippen molar-refractivity contribution >= 4 is 0 Å². The molecule has 2 rings (SSSR count). The Hall–Kier alpha value is -2.17. The van der Waals surface area contributed by atoms with Gasteiger partial charge in [-0.2, -0.15) is 13.2 Å². The molecule has 0 radical (unpaired) electrons. The zero-order valence-electron chi connectivity index (χ0n) is 12.3. The number of phenols is 1. The van der Waals surface area contributed by atoms with Gasteiger partial charge in [-0.05, 0) is 48.2 Å². The van der Waals surface area contributed by atoms with Gasteiger partial charge in [0.15, 0.2) is 0 Å². The van der Waals surface area contributed by atoms with E-state index in [4.69, 9.17) is 4.74 Å². The Labute approximate surface area is 127 Å². The molecule has 118 valence electrons. The summed E-state index contributed by atoms with van der Waals surface area (Å²) >= 11 is 0. The van der Waals surface area contributed by atoms with E-state index in [0.717, 1.165) is 24.1 Å². The number of hydrogen-bond acceptors (Lipinski definition) is 2. The van der Waals surface area contributed by atoms with Crippen LogP contribution in [-0.2, 0) is 6.18 Å². The van der Waals surface area contributed by atoms with Gasteiger partial charge in [-0.25, -0.2) is 0 Å². The average molecular weight is 310 g/mol. The number of phenolic OH excluding ortho intramolecular Hbond substituents is 1. The molecule has 0 aliphatic carbocycles. The second kappa shape index (κ2) is 6.30. The van der Waals surface area contributed by atoms with Crippen LogP contribution in [0.5, 0.6) is 17.2 Å². The molecule has 1 unspecified atom stereocenters. The number of alkyl halides is 3. The minimum atomic E-state index is -4.62. The molecule has 0 aromatic heterocycles. The van der Waals surface area contributed by atoms with E-state index in [1.807, 2.05) is 12.1 Å². The number of halogens is 3. The Balaban J connectivity index is 2.21. The number of rotatable bonds is 4. The maximum atomic E-state index is 12.7. The van der Waals surface area contributed by atoms with Crippen LogP contribution in [0.15, 0.2) is 42.5 Å². The topological polar surface area (TPSA) is 29.5 Å². The van der Waals surface area contributed by atoms with Crippen LogP contribution in [0.4, 0.5) is 13.2 Å². The maximum Gasteiger partial charge on any atom is 0.420 e. The summed E-state index contributed by atoms with van der Waals surface area (Å²) in [6.07, 6.45) is -3.61. The number of aromatic hydroxyl groups is 1. The van der Waals surface area contributed by atoms with Crippen molar-refractivity contribution in [2.75, 3.05) is 0 Å². The second-order valence-corrected chi connectivity index (χ2v) is 5.16. The summed E-state index contributed by atoms with van der Waals surface area (Å²) in [5, 5.41) is 9.29. The molecular weight excluding hydrogens is 293 g/mol. The summed E-state index contributed by atoms with van der Waals surface area (Å²) in [5.74, 6) is 0.0822. The largest absolute Gasteiger partial charge is 0.507 e. The number of hydrogen-bond donors (Lipinski definition) is 1. The lowest BCUT2D eigenvalue weighted by Gasteiger charge is -2.13. The Kier molecular flexibility index (Phi) is 4.64. The Morgan fingerprint density at radius 2 is 1.64 bits per heavy atom. The fourth-order valence-electron chi connectivity index (χ4n) is 2.04. The summed E-state index contributed by atoms with van der Waals surface area (Å²) in [7, 11) is 0. The van der Waals surface area contributed by atoms with Crippen LogP contribution in [0.3, 0.4) is 0 Å². The highest BCUT2D eigenvalue weighted by Gasteiger charge is 2.34. The van der Waals surface area contributed by atoms with Crippen molar-refractivity contribution in [2.24, 2.45) is 0 Å². The van der Waals surface area contributed by atoms with Crippen LogP contribution in [0.1, 0.15) is 37.3 Å². The fourth-order valence-corrected chi connectivity index (χ4v) is 2.04. The fraction of sp³-hybridized carbons (Fsp3) is 0.294. The quantitative estimate of drug-likeness (QED) is 0.783. The van der Waals surface area contributed by atoms with Crippen molar-refractivity contribution in [1.82, 2.24) is 0 Å². The molecule has 0 aliphatic rings. The predicted molar refractivity (Wildman–Crippen MR) is 78.3 cm³/mol. The second-order valence-electron chi connectivity index (χ2n) is 5.16. The Morgan fingerprint density at radius 1 is 1.05 bits per heavy atom. The number of benzene rings is 2. The maximum absolute atomic E-state index is 12.7. The molecule has 22 heavy (non-hydrogen) atoms. The summed E-state index contributed by atoms with van der Waals surface area (Å²) in [4.78, 5) is 0. The van der Waals surface area contributed by atoms with Crippen molar-refractivity contribution in [3.63, 3.8) is 0 Å². The smallest absolute Gasteiger partial charge is 0.420 e. The lowest BCUT2D eigenvalue weighted by molar-refractivity contribution is -0.138. The first-order chi connectivity index (χ1) is 10.3. The minimum absolute atomic E-state index is 0.0291. The van der Waals surface area contributed by atoms with Crippen LogP contribution >= 0.6 is 0 Å². The summed E-state index contributed by atoms with van der Waals surface area (Å²) in [6.45, 7) is 4.19. The van der Waals surface area contributed by atoms with E-state index >= 15 is 0 Å². The van der Waals surface area contributed by atoms with E-state index < -0.39 is 17.5 Å². The van der Waals surface area contributed by atoms with E-state index in [1.54, 1.807) is 12.1 Å². The SMILES string of the molecule is CCC(C)c1ccc(Oc2ccc(O)c(C(F)(F)F)c2)cc1. The van der Waals surface area contributed by atoms with Gasteiger partial charge in [0.1, 0.15) is 22.8 Å². The summed E-state index contributed by atoms with van der Waals surface area (Å²) in [5.41, 5.74) is 0.0396. The first kappa shape index (κ1) is 16.2. The van der Waals surface area contributed by atoms with Gasteiger partial charge in [0, 0.05) is 0 Å². The highest BCUT2D eigenvalue weighted by molar-refractivity contribution is 5.43. The van der Waals surface area contributed by atoms with Gasteiger partial charge < -0.3 is 9.84 Å². The molecule has 2 aromatic rings. The van der Waals surface area contributed by atoms with Gasteiger partial charge in [0.2, 0.25) is 0 Å². The predicted octanol–water partition coefficient (Wildman–Crippen LogP) is 5.72. The van der Waals surface area contributed by atoms with Gasteiger partial charge in [-0.15, -0.1) is 0 Å². The third-order valence-corrected chi connectivity index (χ3v) is 3.57. The molecular formula is C17H17F3O2. The Morgan fingerprint density at radius 3 is 2.18 bits per heavy atom. The number of ether oxygens (including phenoxy) is 1. The normalized spacial score (nSPS) is 13.0. The zero-order chi connectivity index (χ0) is 16.3. The average Bonchev–Trinajstić information content (AvgIpc) is 2.48. The molecule has 0 spiro atoms. The third-order valence-electron chi connectivity index (χ3n) is 3.57. The molecule has 0 fully saturated rings. The summed E-state index contributed by atoms with van der Waals surface area (Å²) in [6, 6.07) is 10.3. The molecule has 0 saturated heterocycles. The van der Waals surface area contributed by atoms with Crippen molar-refractivity contribution in [1.29, 1.82) is 0 Å². The van der Waals surface area contributed by atoms with Crippen LogP contribution < -0.4 is 4.74 Å². The standard InChI is InChI=1S/C17H17F3O2/c1-3-11(2)12-4-6-13(7-5-12)22-14-8-9-16(21)15(10-14)17(18,19)20/h4-11,21H,3H2,1-2H3. The first-order valence-electron chi connectivity index (χ1n) is 6.99. The van der Waals surface area contributed by atoms with Gasteiger partial charge in [0.05, 0.1) is 0 Å². The lowest BCUT2D eigenvalue weighted by Crippen LogP contribution is -2.05. The van der Waals surface area contributed by atoms with E-state index in [-0.39, 0.29) is 5.75 Å². The zero-order valence-corrected chi connectivity index (χ0v) is 12.3. The van der Waals surface area contributed by atoms with Crippen molar-refractivity contribution in [3.8, 4) is 17.2 Å². The van der Waals surface area contributed by atoms with Crippen molar-refractivity contribution < 1.29 is 23.0 Å². The van der Waals surface area contributed by atoms with Gasteiger partial charge >= 0.3 is 6.18 Å². The molecule has 0 bridgehead atoms. The van der Waals surface area contributed by atoms with Crippen molar-refractivity contribution in [3.05, 3.63) is 53.6 Å². The highest BCUT2D eigenvalue weighted by atomic mass is 19.4. The molecule has 0 amide bonds. The summed E-state index contributed by atoms with van der Waals surface area (Å²) < 4.78 is 43.6. The molecule has 0 aliphatic heterocycles. The first-order valence-corrected chi connectivity index (χ1v) is 6.99. The van der Waals surface area contributed by atoms with Crippen molar-refractivity contribution in [2.45, 2.75) is 32.4 Å². The molecule has 1 N–H and O–H groups in total. The van der Waals surface area contributed by atoms with Gasteiger partial charge in [-0.1, -0.05) is 26.0 Å². The molecule has 1 atom stereocenters. The van der Waals surface area contributed by atoms with Gasteiger partial charge in [-0.3, -0.25) is 0 Å². The van der Waals surface area contributed by atoms with Crippen LogP contribution in [0.25, 0.3) is 0 Å². The van der Waals surface area contributed by atoms with E-state index in [1.165, 1.54) is 6.07 Å². The molecule has 2 aromatic carbocycles. The monoisotopic (exact) mass is 310 g/mol. The molecule has 0 saturated carbocycles. The molecule has 5 heteroatoms. The molecule has 0 heterocycles. The van der Waals surface area contributed by atoms with E-state index in [2.05, 4.69) is 13.8 Å². The van der Waals surface area contributed by atoms with Crippen LogP contribution in [-0.4, -0.2) is 5.11 Å². The van der Waals surface area contributed by atoms with Crippen LogP contribution in [0, 0.1) is 0 Å². The minimum Gasteiger partial charge on any atom is -0.507 e.